The Hall–Kier alpha value is -1.06. The highest BCUT2D eigenvalue weighted by molar-refractivity contribution is 5.42. The van der Waals surface area contributed by atoms with E-state index < -0.39 is 0 Å². The summed E-state index contributed by atoms with van der Waals surface area (Å²) >= 11 is 0. The minimum atomic E-state index is 0.146. The van der Waals surface area contributed by atoms with E-state index in [4.69, 9.17) is 10.5 Å². The Labute approximate surface area is 116 Å². The Kier molecular flexibility index (Phi) is 4.83. The van der Waals surface area contributed by atoms with Gasteiger partial charge in [-0.05, 0) is 74.9 Å². The Bertz CT molecular complexity index is 425. The summed E-state index contributed by atoms with van der Waals surface area (Å²) in [5.41, 5.74) is 10.1. The molecular formula is C16H26N2O. The molecule has 3 heteroatoms. The highest BCUT2D eigenvalue weighted by Crippen LogP contribution is 2.30. The van der Waals surface area contributed by atoms with Crippen molar-refractivity contribution in [1.82, 2.24) is 5.32 Å². The molecule has 1 atom stereocenters. The minimum absolute atomic E-state index is 0.146. The third-order valence-corrected chi connectivity index (χ3v) is 4.23. The van der Waals surface area contributed by atoms with E-state index in [0.29, 0.717) is 0 Å². The fraction of sp³-hybridized carbons (Fsp3) is 0.625. The van der Waals surface area contributed by atoms with E-state index in [1.54, 1.807) is 7.11 Å². The van der Waals surface area contributed by atoms with Gasteiger partial charge in [-0.1, -0.05) is 6.07 Å². The quantitative estimate of drug-likeness (QED) is 0.877. The number of benzene rings is 1. The molecule has 1 heterocycles. The second-order valence-electron chi connectivity index (χ2n) is 5.71. The van der Waals surface area contributed by atoms with Crippen LogP contribution in [0.1, 0.15) is 42.0 Å². The van der Waals surface area contributed by atoms with E-state index in [9.17, 15) is 0 Å². The van der Waals surface area contributed by atoms with Crippen LogP contribution in [0.2, 0.25) is 0 Å². The van der Waals surface area contributed by atoms with Gasteiger partial charge < -0.3 is 15.8 Å². The molecule has 1 saturated heterocycles. The average Bonchev–Trinajstić information content (AvgIpc) is 2.42. The third kappa shape index (κ3) is 3.48. The van der Waals surface area contributed by atoms with Gasteiger partial charge in [0.05, 0.1) is 7.11 Å². The molecule has 0 bridgehead atoms. The lowest BCUT2D eigenvalue weighted by Gasteiger charge is -2.26. The van der Waals surface area contributed by atoms with Gasteiger partial charge in [0.2, 0.25) is 0 Å². The van der Waals surface area contributed by atoms with Gasteiger partial charge in [-0.2, -0.15) is 0 Å². The van der Waals surface area contributed by atoms with Crippen LogP contribution in [0, 0.1) is 19.8 Å². The first-order valence-corrected chi connectivity index (χ1v) is 7.23. The van der Waals surface area contributed by atoms with E-state index in [-0.39, 0.29) is 6.04 Å². The fourth-order valence-electron chi connectivity index (χ4n) is 3.03. The first-order chi connectivity index (χ1) is 9.11. The van der Waals surface area contributed by atoms with Crippen molar-refractivity contribution in [3.63, 3.8) is 0 Å². The SMILES string of the molecule is COc1cc(C)c(C(N)CC2CCNCC2)cc1C. The maximum absolute atomic E-state index is 6.43. The van der Waals surface area contributed by atoms with Gasteiger partial charge in [0.1, 0.15) is 5.75 Å². The standard InChI is InChI=1S/C16H26N2O/c1-11-9-16(19-3)12(2)8-14(11)15(17)10-13-4-6-18-7-5-13/h8-9,13,15,18H,4-7,10,17H2,1-3H3. The Morgan fingerprint density at radius 3 is 2.58 bits per heavy atom. The Morgan fingerprint density at radius 1 is 1.26 bits per heavy atom. The van der Waals surface area contributed by atoms with Crippen molar-refractivity contribution in [2.75, 3.05) is 20.2 Å². The van der Waals surface area contributed by atoms with Gasteiger partial charge in [-0.15, -0.1) is 0 Å². The predicted molar refractivity (Wildman–Crippen MR) is 79.6 cm³/mol. The highest BCUT2D eigenvalue weighted by atomic mass is 16.5. The number of hydrogen-bond donors (Lipinski definition) is 2. The predicted octanol–water partition coefficient (Wildman–Crippen LogP) is 2.70. The lowest BCUT2D eigenvalue weighted by molar-refractivity contribution is 0.332. The molecule has 3 N–H and O–H groups in total. The zero-order valence-electron chi connectivity index (χ0n) is 12.3. The molecule has 1 aromatic carbocycles. The molecule has 1 aliphatic rings. The second kappa shape index (κ2) is 6.40. The average molecular weight is 262 g/mol. The van der Waals surface area contributed by atoms with Gasteiger partial charge in [-0.3, -0.25) is 0 Å². The van der Waals surface area contributed by atoms with Crippen molar-refractivity contribution in [2.24, 2.45) is 11.7 Å². The topological polar surface area (TPSA) is 47.3 Å². The van der Waals surface area contributed by atoms with Crippen LogP contribution < -0.4 is 15.8 Å². The van der Waals surface area contributed by atoms with Crippen LogP contribution >= 0.6 is 0 Å². The molecule has 0 aliphatic carbocycles. The van der Waals surface area contributed by atoms with Gasteiger partial charge in [0.25, 0.3) is 0 Å². The minimum Gasteiger partial charge on any atom is -0.496 e. The summed E-state index contributed by atoms with van der Waals surface area (Å²) < 4.78 is 5.36. The van der Waals surface area contributed by atoms with E-state index in [0.717, 1.165) is 31.2 Å². The van der Waals surface area contributed by atoms with Gasteiger partial charge in [0, 0.05) is 6.04 Å². The molecule has 1 aromatic rings. The number of aryl methyl sites for hydroxylation is 2. The largest absolute Gasteiger partial charge is 0.496 e. The molecule has 1 unspecified atom stereocenters. The zero-order valence-corrected chi connectivity index (χ0v) is 12.3. The van der Waals surface area contributed by atoms with Crippen LogP contribution in [0.5, 0.6) is 5.75 Å². The number of nitrogens with two attached hydrogens (primary N) is 1. The van der Waals surface area contributed by atoms with Crippen molar-refractivity contribution in [3.8, 4) is 5.75 Å². The summed E-state index contributed by atoms with van der Waals surface area (Å²) in [6, 6.07) is 4.44. The summed E-state index contributed by atoms with van der Waals surface area (Å²) in [5, 5.41) is 3.41. The summed E-state index contributed by atoms with van der Waals surface area (Å²) in [5.74, 6) is 1.72. The van der Waals surface area contributed by atoms with Crippen LogP contribution in [0.3, 0.4) is 0 Å². The first kappa shape index (κ1) is 14.4. The molecule has 1 fully saturated rings. The summed E-state index contributed by atoms with van der Waals surface area (Å²) in [6.07, 6.45) is 3.60. The van der Waals surface area contributed by atoms with Crippen LogP contribution in [0.25, 0.3) is 0 Å². The highest BCUT2D eigenvalue weighted by Gasteiger charge is 2.19. The van der Waals surface area contributed by atoms with Gasteiger partial charge in [0.15, 0.2) is 0 Å². The second-order valence-corrected chi connectivity index (χ2v) is 5.71. The number of hydrogen-bond acceptors (Lipinski definition) is 3. The van der Waals surface area contributed by atoms with Crippen molar-refractivity contribution in [2.45, 2.75) is 39.2 Å². The molecule has 19 heavy (non-hydrogen) atoms. The van der Waals surface area contributed by atoms with E-state index in [1.807, 2.05) is 0 Å². The normalized spacial score (nSPS) is 18.3. The molecule has 1 aliphatic heterocycles. The van der Waals surface area contributed by atoms with Crippen molar-refractivity contribution < 1.29 is 4.74 Å². The number of piperidine rings is 1. The molecule has 106 valence electrons. The molecule has 0 amide bonds. The zero-order chi connectivity index (χ0) is 13.8. The van der Waals surface area contributed by atoms with Crippen LogP contribution in [-0.2, 0) is 0 Å². The molecule has 0 saturated carbocycles. The van der Waals surface area contributed by atoms with E-state index in [2.05, 4.69) is 31.3 Å². The van der Waals surface area contributed by atoms with Crippen LogP contribution in [0.4, 0.5) is 0 Å². The Morgan fingerprint density at radius 2 is 1.95 bits per heavy atom. The maximum atomic E-state index is 6.43. The fourth-order valence-corrected chi connectivity index (χ4v) is 3.03. The van der Waals surface area contributed by atoms with E-state index in [1.165, 1.54) is 29.5 Å². The summed E-state index contributed by atoms with van der Waals surface area (Å²) in [6.45, 7) is 6.48. The third-order valence-electron chi connectivity index (χ3n) is 4.23. The molecule has 0 spiro atoms. The van der Waals surface area contributed by atoms with Crippen molar-refractivity contribution >= 4 is 0 Å². The number of ether oxygens (including phenoxy) is 1. The summed E-state index contributed by atoms with van der Waals surface area (Å²) in [7, 11) is 1.72. The lowest BCUT2D eigenvalue weighted by atomic mass is 9.87. The van der Waals surface area contributed by atoms with E-state index >= 15 is 0 Å². The van der Waals surface area contributed by atoms with Crippen molar-refractivity contribution in [3.05, 3.63) is 28.8 Å². The van der Waals surface area contributed by atoms with Gasteiger partial charge >= 0.3 is 0 Å². The van der Waals surface area contributed by atoms with Crippen molar-refractivity contribution in [1.29, 1.82) is 0 Å². The number of rotatable bonds is 4. The summed E-state index contributed by atoms with van der Waals surface area (Å²) in [4.78, 5) is 0. The smallest absolute Gasteiger partial charge is 0.122 e. The van der Waals surface area contributed by atoms with Gasteiger partial charge in [-0.25, -0.2) is 0 Å². The molecule has 3 nitrogen and oxygen atoms in total. The Balaban J connectivity index is 2.09. The van der Waals surface area contributed by atoms with Crippen LogP contribution in [-0.4, -0.2) is 20.2 Å². The van der Waals surface area contributed by atoms with Crippen LogP contribution in [0.15, 0.2) is 12.1 Å². The monoisotopic (exact) mass is 262 g/mol. The number of methoxy groups -OCH3 is 1. The lowest BCUT2D eigenvalue weighted by Crippen LogP contribution is -2.29. The number of nitrogens with one attached hydrogen (secondary N) is 1. The molecule has 0 aromatic heterocycles. The maximum Gasteiger partial charge on any atom is 0.122 e. The first-order valence-electron chi connectivity index (χ1n) is 7.23. The molecule has 0 radical (unpaired) electrons. The molecular weight excluding hydrogens is 236 g/mol. The molecule has 2 rings (SSSR count).